The van der Waals surface area contributed by atoms with E-state index in [0.717, 1.165) is 96.3 Å². The minimum absolute atomic E-state index is 0.0365. The minimum atomic E-state index is -0.888. The Morgan fingerprint density at radius 3 is 1.64 bits per heavy atom. The molecule has 8 heteroatoms. The Labute approximate surface area is 341 Å². The van der Waals surface area contributed by atoms with Crippen LogP contribution in [0.5, 0.6) is 0 Å². The van der Waals surface area contributed by atoms with Crippen LogP contribution in [0.15, 0.2) is 97.2 Å². The van der Waals surface area contributed by atoms with Crippen LogP contribution in [0.25, 0.3) is 0 Å². The van der Waals surface area contributed by atoms with Crippen LogP contribution in [-0.2, 0) is 28.6 Å². The van der Waals surface area contributed by atoms with Crippen molar-refractivity contribution >= 4 is 17.9 Å². The highest BCUT2D eigenvalue weighted by Crippen LogP contribution is 2.12. The highest BCUT2D eigenvalue weighted by Gasteiger charge is 2.31. The summed E-state index contributed by atoms with van der Waals surface area (Å²) >= 11 is 0. The van der Waals surface area contributed by atoms with Gasteiger partial charge in [-0.3, -0.25) is 9.59 Å². The normalized spacial score (nSPS) is 13.9. The first kappa shape index (κ1) is 52.2. The highest BCUT2D eigenvalue weighted by atomic mass is 16.6. The van der Waals surface area contributed by atoms with Crippen LogP contribution in [0.4, 0.5) is 0 Å². The van der Waals surface area contributed by atoms with Gasteiger partial charge in [0.15, 0.2) is 12.1 Å². The summed E-state index contributed by atoms with van der Waals surface area (Å²) in [6.45, 7) is 4.45. The van der Waals surface area contributed by atoms with Gasteiger partial charge in [0.2, 0.25) is 0 Å². The number of unbranched alkanes of at least 4 members (excludes halogenated alkanes) is 10. The van der Waals surface area contributed by atoms with Crippen molar-refractivity contribution in [1.29, 1.82) is 0 Å². The van der Waals surface area contributed by atoms with E-state index in [-0.39, 0.29) is 36.2 Å². The minimum Gasteiger partial charge on any atom is -0.477 e. The molecule has 0 bridgehead atoms. The lowest BCUT2D eigenvalue weighted by Crippen LogP contribution is -2.50. The molecule has 0 aromatic rings. The van der Waals surface area contributed by atoms with E-state index in [0.29, 0.717) is 19.3 Å². The molecule has 0 fully saturated rings. The van der Waals surface area contributed by atoms with Crippen LogP contribution in [-0.4, -0.2) is 80.6 Å². The first-order chi connectivity index (χ1) is 27.1. The van der Waals surface area contributed by atoms with Gasteiger partial charge in [-0.1, -0.05) is 150 Å². The third-order valence-electron chi connectivity index (χ3n) is 8.83. The monoisotopic (exact) mass is 781 g/mol. The van der Waals surface area contributed by atoms with Gasteiger partial charge in [-0.05, 0) is 64.2 Å². The molecule has 0 aromatic heterocycles. The van der Waals surface area contributed by atoms with Gasteiger partial charge < -0.3 is 23.8 Å². The molecule has 0 aromatic carbocycles. The lowest BCUT2D eigenvalue weighted by Gasteiger charge is -2.31. The van der Waals surface area contributed by atoms with Gasteiger partial charge >= 0.3 is 17.9 Å². The second-order valence-corrected chi connectivity index (χ2v) is 15.0. The number of allylic oxidation sites excluding steroid dienone is 16. The molecule has 0 spiro atoms. The maximum Gasteiger partial charge on any atom is 0.362 e. The molecule has 0 saturated carbocycles. The number of ether oxygens (including phenoxy) is 3. The maximum atomic E-state index is 12.7. The lowest BCUT2D eigenvalue weighted by molar-refractivity contribution is -0.887. The molecule has 0 rings (SSSR count). The smallest absolute Gasteiger partial charge is 0.362 e. The van der Waals surface area contributed by atoms with Crippen molar-refractivity contribution < 1.29 is 38.2 Å². The second-order valence-electron chi connectivity index (χ2n) is 15.0. The van der Waals surface area contributed by atoms with Crippen LogP contribution in [0.3, 0.4) is 0 Å². The number of quaternary nitrogens is 1. The van der Waals surface area contributed by atoms with Crippen molar-refractivity contribution in [3.05, 3.63) is 97.2 Å². The number of carboxylic acids is 1. The number of carbonyl (C=O) groups is 3. The molecule has 0 saturated heterocycles. The van der Waals surface area contributed by atoms with Crippen molar-refractivity contribution in [1.82, 2.24) is 0 Å². The molecular formula is C48H78NO7+. The Kier molecular flexibility index (Phi) is 35.6. The lowest BCUT2D eigenvalue weighted by atomic mass is 10.1. The van der Waals surface area contributed by atoms with Crippen LogP contribution >= 0.6 is 0 Å². The highest BCUT2D eigenvalue weighted by molar-refractivity contribution is 5.72. The van der Waals surface area contributed by atoms with Crippen molar-refractivity contribution in [2.75, 3.05) is 41.0 Å². The van der Waals surface area contributed by atoms with E-state index in [4.69, 9.17) is 14.2 Å². The summed E-state index contributed by atoms with van der Waals surface area (Å²) < 4.78 is 17.2. The molecule has 0 radical (unpaired) electrons. The predicted molar refractivity (Wildman–Crippen MR) is 233 cm³/mol. The number of likely N-dealkylation sites (N-methyl/N-ethyl adjacent to an activating group) is 1. The standard InChI is InChI=1S/C48H77NO7/c1-6-8-10-12-14-16-18-20-22-23-24-25-27-28-30-32-34-36-38-46(50)55-43-44(42-54-41-40-45(48(52)53)49(3,4)5)56-47(51)39-37-35-33-31-29-26-21-19-17-15-13-11-9-7-2/h9-12,14-18,20-26,44-45H,6-8,13,19,27-43H2,1-5H3/p+1/b11-9+,12-10+,16-14+,17-15+,20-18+,23-22+,25-24+,26-21+. The van der Waals surface area contributed by atoms with Crippen molar-refractivity contribution in [3.63, 3.8) is 0 Å². The molecule has 2 atom stereocenters. The van der Waals surface area contributed by atoms with Gasteiger partial charge in [-0.25, -0.2) is 4.79 Å². The fourth-order valence-electron chi connectivity index (χ4n) is 5.55. The fourth-order valence-corrected chi connectivity index (χ4v) is 5.55. The summed E-state index contributed by atoms with van der Waals surface area (Å²) in [7, 11) is 5.49. The summed E-state index contributed by atoms with van der Waals surface area (Å²) in [5.41, 5.74) is 0. The summed E-state index contributed by atoms with van der Waals surface area (Å²) in [5.74, 6) is -1.55. The van der Waals surface area contributed by atoms with E-state index in [2.05, 4.69) is 74.6 Å². The Hall–Kier alpha value is -3.75. The molecule has 316 valence electrons. The molecule has 0 aliphatic heterocycles. The third kappa shape index (κ3) is 35.9. The van der Waals surface area contributed by atoms with Crippen LogP contribution in [0.1, 0.15) is 136 Å². The summed E-state index contributed by atoms with van der Waals surface area (Å²) in [4.78, 5) is 36.9. The van der Waals surface area contributed by atoms with E-state index in [1.807, 2.05) is 57.6 Å². The van der Waals surface area contributed by atoms with Crippen molar-refractivity contribution in [2.24, 2.45) is 0 Å². The molecule has 56 heavy (non-hydrogen) atoms. The van der Waals surface area contributed by atoms with Crippen LogP contribution in [0, 0.1) is 0 Å². The molecule has 8 nitrogen and oxygen atoms in total. The molecule has 0 aliphatic carbocycles. The Morgan fingerprint density at radius 1 is 0.571 bits per heavy atom. The SMILES string of the molecule is CC/C=C/C/C=C/C/C=C/CCCCCCC(=O)OC(COCCC(C(=O)O)[N+](C)(C)C)COC(=O)CCCCCCC/C=C/C=C/C=C/C=C/C=C/CCC. The van der Waals surface area contributed by atoms with Gasteiger partial charge in [0.25, 0.3) is 0 Å². The van der Waals surface area contributed by atoms with Crippen LogP contribution in [0.2, 0.25) is 0 Å². The zero-order valence-electron chi connectivity index (χ0n) is 35.8. The zero-order chi connectivity index (χ0) is 41.4. The van der Waals surface area contributed by atoms with Gasteiger partial charge in [-0.2, -0.15) is 0 Å². The van der Waals surface area contributed by atoms with E-state index >= 15 is 0 Å². The van der Waals surface area contributed by atoms with Crippen molar-refractivity contribution in [2.45, 2.75) is 148 Å². The third-order valence-corrected chi connectivity index (χ3v) is 8.83. The second kappa shape index (κ2) is 38.1. The number of esters is 2. The van der Waals surface area contributed by atoms with Gasteiger partial charge in [0, 0.05) is 19.3 Å². The summed E-state index contributed by atoms with van der Waals surface area (Å²) in [6, 6.07) is -0.629. The first-order valence-corrected chi connectivity index (χ1v) is 21.3. The van der Waals surface area contributed by atoms with Gasteiger partial charge in [0.05, 0.1) is 34.4 Å². The largest absolute Gasteiger partial charge is 0.477 e. The van der Waals surface area contributed by atoms with E-state index in [1.165, 1.54) is 6.42 Å². The van der Waals surface area contributed by atoms with E-state index < -0.39 is 18.1 Å². The number of rotatable bonds is 36. The summed E-state index contributed by atoms with van der Waals surface area (Å²) in [6.07, 6.45) is 50.1. The molecule has 0 heterocycles. The summed E-state index contributed by atoms with van der Waals surface area (Å²) in [5, 5.41) is 9.61. The Bertz CT molecular complexity index is 1230. The van der Waals surface area contributed by atoms with E-state index in [9.17, 15) is 19.5 Å². The average molecular weight is 781 g/mol. The molecule has 1 N–H and O–H groups in total. The fraction of sp³-hybridized carbons (Fsp3) is 0.604. The number of carbonyl (C=O) groups excluding carboxylic acids is 2. The topological polar surface area (TPSA) is 99.1 Å². The first-order valence-electron chi connectivity index (χ1n) is 21.3. The number of carboxylic acid groups (broad SMARTS) is 1. The molecule has 0 aliphatic rings. The quantitative estimate of drug-likeness (QED) is 0.0222. The number of hydrogen-bond acceptors (Lipinski definition) is 6. The molecule has 0 amide bonds. The molecule has 2 unspecified atom stereocenters. The predicted octanol–water partition coefficient (Wildman–Crippen LogP) is 11.5. The molecular weight excluding hydrogens is 703 g/mol. The van der Waals surface area contributed by atoms with Crippen molar-refractivity contribution in [3.8, 4) is 0 Å². The Morgan fingerprint density at radius 2 is 1.07 bits per heavy atom. The maximum absolute atomic E-state index is 12.7. The Balaban J connectivity index is 4.47. The zero-order valence-corrected chi connectivity index (χ0v) is 35.8. The van der Waals surface area contributed by atoms with E-state index in [1.54, 1.807) is 0 Å². The number of aliphatic carboxylic acids is 1. The average Bonchev–Trinajstić information content (AvgIpc) is 3.15. The number of hydrogen-bond donors (Lipinski definition) is 1. The van der Waals surface area contributed by atoms with Gasteiger partial charge in [0.1, 0.15) is 6.61 Å². The number of nitrogens with zero attached hydrogens (tertiary/aromatic N) is 1. The van der Waals surface area contributed by atoms with Gasteiger partial charge in [-0.15, -0.1) is 0 Å². The van der Waals surface area contributed by atoms with Crippen LogP contribution < -0.4 is 0 Å².